The molecule has 1 amide bonds. The van der Waals surface area contributed by atoms with Gasteiger partial charge < -0.3 is 16.8 Å². The number of hydrogen-bond donors (Lipinski definition) is 3. The van der Waals surface area contributed by atoms with E-state index in [4.69, 9.17) is 11.5 Å². The second kappa shape index (κ2) is 5.84. The van der Waals surface area contributed by atoms with Crippen molar-refractivity contribution in [1.82, 2.24) is 0 Å². The van der Waals surface area contributed by atoms with Crippen molar-refractivity contribution in [1.29, 1.82) is 0 Å². The third kappa shape index (κ3) is 3.49. The molecule has 0 aliphatic heterocycles. The smallest absolute Gasteiger partial charge is 0.261 e. The van der Waals surface area contributed by atoms with Crippen molar-refractivity contribution < 1.29 is 13.2 Å². The van der Waals surface area contributed by atoms with E-state index >= 15 is 0 Å². The predicted octanol–water partition coefficient (Wildman–Crippen LogP) is 1.82. The number of nitrogens with two attached hydrogens (primary N) is 2. The van der Waals surface area contributed by atoms with Crippen molar-refractivity contribution in [3.05, 3.63) is 4.88 Å². The summed E-state index contributed by atoms with van der Waals surface area (Å²) in [5, 5.41) is 3.68. The predicted molar refractivity (Wildman–Crippen MR) is 85.4 cm³/mol. The molecule has 0 spiro atoms. The average Bonchev–Trinajstić information content (AvgIpc) is 2.69. The fourth-order valence-electron chi connectivity index (χ4n) is 2.66. The Balaban J connectivity index is 2.34. The van der Waals surface area contributed by atoms with Crippen LogP contribution in [0, 0.1) is 5.92 Å². The third-order valence-corrected chi connectivity index (χ3v) is 6.29. The first-order valence-electron chi connectivity index (χ1n) is 6.88. The molecule has 5 N–H and O–H groups in total. The lowest BCUT2D eigenvalue weighted by molar-refractivity contribution is 0.100. The summed E-state index contributed by atoms with van der Waals surface area (Å²) in [6.45, 7) is 2.21. The largest absolute Gasteiger partial charge is 0.396 e. The van der Waals surface area contributed by atoms with Gasteiger partial charge in [-0.15, -0.1) is 11.3 Å². The van der Waals surface area contributed by atoms with Gasteiger partial charge in [0.2, 0.25) is 0 Å². The Labute approximate surface area is 128 Å². The fourth-order valence-corrected chi connectivity index (χ4v) is 5.15. The van der Waals surface area contributed by atoms with Crippen LogP contribution in [0.15, 0.2) is 4.90 Å². The molecule has 1 aromatic rings. The van der Waals surface area contributed by atoms with Crippen LogP contribution in [0.4, 0.5) is 10.7 Å². The van der Waals surface area contributed by atoms with Gasteiger partial charge in [0.1, 0.15) is 14.8 Å². The van der Waals surface area contributed by atoms with E-state index in [9.17, 15) is 13.2 Å². The molecule has 1 fully saturated rings. The van der Waals surface area contributed by atoms with Crippen LogP contribution in [0.25, 0.3) is 0 Å². The summed E-state index contributed by atoms with van der Waals surface area (Å²) in [5.41, 5.74) is 11.0. The summed E-state index contributed by atoms with van der Waals surface area (Å²) in [5.74, 6) is -0.000250. The second-order valence-electron chi connectivity index (χ2n) is 5.74. The minimum absolute atomic E-state index is 0.0000723. The Morgan fingerprint density at radius 3 is 2.33 bits per heavy atom. The lowest BCUT2D eigenvalue weighted by Gasteiger charge is -2.27. The molecular weight excluding hydrogens is 310 g/mol. The summed E-state index contributed by atoms with van der Waals surface area (Å²) in [7, 11) is -3.52. The number of amides is 1. The first kappa shape index (κ1) is 16.1. The zero-order valence-electron chi connectivity index (χ0n) is 12.2. The molecule has 1 aliphatic carbocycles. The van der Waals surface area contributed by atoms with E-state index < -0.39 is 15.7 Å². The second-order valence-corrected chi connectivity index (χ2v) is 8.71. The highest BCUT2D eigenvalue weighted by Gasteiger charge is 2.28. The van der Waals surface area contributed by atoms with Crippen LogP contribution in [0.3, 0.4) is 0 Å². The molecule has 118 valence electrons. The number of rotatable bonds is 4. The topological polar surface area (TPSA) is 115 Å². The number of hydrogen-bond acceptors (Lipinski definition) is 6. The Bertz CT molecular complexity index is 644. The van der Waals surface area contributed by atoms with Crippen LogP contribution in [0.5, 0.6) is 0 Å². The maximum atomic E-state index is 11.9. The van der Waals surface area contributed by atoms with E-state index in [0.717, 1.165) is 43.3 Å². The van der Waals surface area contributed by atoms with E-state index in [1.807, 2.05) is 0 Å². The SMILES string of the molecule is CC1CCC(Nc2sc(C(N)=O)c(N)c2S(C)(=O)=O)CC1. The van der Waals surface area contributed by atoms with Crippen LogP contribution < -0.4 is 16.8 Å². The van der Waals surface area contributed by atoms with Crippen LogP contribution in [0.1, 0.15) is 42.3 Å². The van der Waals surface area contributed by atoms with E-state index in [1.165, 1.54) is 0 Å². The van der Waals surface area contributed by atoms with Gasteiger partial charge in [0.15, 0.2) is 9.84 Å². The summed E-state index contributed by atoms with van der Waals surface area (Å²) >= 11 is 1.03. The van der Waals surface area contributed by atoms with Crippen LogP contribution in [-0.2, 0) is 9.84 Å². The molecule has 21 heavy (non-hydrogen) atoms. The number of nitrogen functional groups attached to an aromatic ring is 1. The molecule has 1 saturated carbocycles. The number of carbonyl (C=O) groups excluding carboxylic acids is 1. The summed E-state index contributed by atoms with van der Waals surface area (Å²) in [4.78, 5) is 11.5. The van der Waals surface area contributed by atoms with Gasteiger partial charge >= 0.3 is 0 Å². The summed E-state index contributed by atoms with van der Waals surface area (Å²) in [6.07, 6.45) is 5.26. The van der Waals surface area contributed by atoms with Crippen LogP contribution in [-0.4, -0.2) is 26.6 Å². The zero-order valence-corrected chi connectivity index (χ0v) is 13.8. The molecular formula is C13H21N3O3S2. The van der Waals surface area contributed by atoms with E-state index in [0.29, 0.717) is 10.9 Å². The van der Waals surface area contributed by atoms with Gasteiger partial charge in [-0.2, -0.15) is 0 Å². The highest BCUT2D eigenvalue weighted by atomic mass is 32.2. The first-order valence-corrected chi connectivity index (χ1v) is 9.59. The highest BCUT2D eigenvalue weighted by Crippen LogP contribution is 2.40. The minimum atomic E-state index is -3.52. The summed E-state index contributed by atoms with van der Waals surface area (Å²) in [6, 6.07) is 0.209. The van der Waals surface area contributed by atoms with Crippen molar-refractivity contribution in [2.75, 3.05) is 17.3 Å². The average molecular weight is 331 g/mol. The maximum absolute atomic E-state index is 11.9. The van der Waals surface area contributed by atoms with E-state index in [2.05, 4.69) is 12.2 Å². The number of thiophene rings is 1. The molecule has 1 heterocycles. The number of carbonyl (C=O) groups is 1. The highest BCUT2D eigenvalue weighted by molar-refractivity contribution is 7.91. The standard InChI is InChI=1S/C13H21N3O3S2/c1-7-3-5-8(6-4-7)16-13-11(21(2,18)19)9(14)10(20-13)12(15)17/h7-8,16H,3-6,14H2,1-2H3,(H2,15,17). The molecule has 0 atom stereocenters. The molecule has 1 aliphatic rings. The first-order chi connectivity index (χ1) is 9.70. The van der Waals surface area contributed by atoms with Crippen molar-refractivity contribution in [3.63, 3.8) is 0 Å². The van der Waals surface area contributed by atoms with Crippen molar-refractivity contribution in [2.24, 2.45) is 11.7 Å². The minimum Gasteiger partial charge on any atom is -0.396 e. The molecule has 1 aromatic heterocycles. The molecule has 2 rings (SSSR count). The quantitative estimate of drug-likeness (QED) is 0.778. The summed E-state index contributed by atoms with van der Waals surface area (Å²) < 4.78 is 23.9. The molecule has 0 bridgehead atoms. The molecule has 0 aromatic carbocycles. The van der Waals surface area contributed by atoms with Gasteiger partial charge in [0, 0.05) is 12.3 Å². The number of sulfone groups is 1. The van der Waals surface area contributed by atoms with E-state index in [1.54, 1.807) is 0 Å². The molecule has 0 saturated heterocycles. The lowest BCUT2D eigenvalue weighted by Crippen LogP contribution is -2.25. The zero-order chi connectivity index (χ0) is 15.8. The Morgan fingerprint density at radius 2 is 1.86 bits per heavy atom. The molecule has 6 nitrogen and oxygen atoms in total. The Kier molecular flexibility index (Phi) is 4.48. The monoisotopic (exact) mass is 331 g/mol. The normalized spacial score (nSPS) is 23.0. The van der Waals surface area contributed by atoms with Crippen molar-refractivity contribution in [3.8, 4) is 0 Å². The molecule has 8 heteroatoms. The van der Waals surface area contributed by atoms with Crippen LogP contribution >= 0.6 is 11.3 Å². The van der Waals surface area contributed by atoms with Crippen molar-refractivity contribution in [2.45, 2.75) is 43.5 Å². The van der Waals surface area contributed by atoms with Gasteiger partial charge in [-0.1, -0.05) is 6.92 Å². The molecule has 0 unspecified atom stereocenters. The van der Waals surface area contributed by atoms with Gasteiger partial charge in [-0.25, -0.2) is 8.42 Å². The van der Waals surface area contributed by atoms with Gasteiger partial charge in [0.25, 0.3) is 5.91 Å². The van der Waals surface area contributed by atoms with E-state index in [-0.39, 0.29) is 21.5 Å². The fraction of sp³-hybridized carbons (Fsp3) is 0.615. The lowest BCUT2D eigenvalue weighted by atomic mass is 9.87. The maximum Gasteiger partial charge on any atom is 0.261 e. The van der Waals surface area contributed by atoms with Crippen molar-refractivity contribution >= 4 is 37.8 Å². The Morgan fingerprint density at radius 1 is 1.29 bits per heavy atom. The van der Waals surface area contributed by atoms with Crippen LogP contribution in [0.2, 0.25) is 0 Å². The number of anilines is 2. The molecule has 0 radical (unpaired) electrons. The number of primary amides is 1. The van der Waals surface area contributed by atoms with Gasteiger partial charge in [-0.05, 0) is 31.6 Å². The Hall–Kier alpha value is -1.28. The number of nitrogens with one attached hydrogen (secondary N) is 1. The van der Waals surface area contributed by atoms with Gasteiger partial charge in [0.05, 0.1) is 5.69 Å². The third-order valence-electron chi connectivity index (χ3n) is 3.85. The van der Waals surface area contributed by atoms with Gasteiger partial charge in [-0.3, -0.25) is 4.79 Å².